The largest absolute Gasteiger partial charge is 0.374 e. The molecule has 0 aliphatic heterocycles. The van der Waals surface area contributed by atoms with Gasteiger partial charge in [-0.05, 0) is 55.6 Å². The normalized spacial score (nSPS) is 21.0. The molecule has 0 atom stereocenters. The van der Waals surface area contributed by atoms with E-state index in [1.54, 1.807) is 0 Å². The second kappa shape index (κ2) is 11.7. The summed E-state index contributed by atoms with van der Waals surface area (Å²) in [6, 6.07) is 11.0. The second-order valence-corrected chi connectivity index (χ2v) is 6.99. The number of ether oxygens (including phenoxy) is 1. The fraction of sp³-hybridized carbons (Fsp3) is 0.522. The number of allylic oxidation sites excluding steroid dienone is 4. The van der Waals surface area contributed by atoms with Crippen molar-refractivity contribution in [2.45, 2.75) is 71.0 Å². The summed E-state index contributed by atoms with van der Waals surface area (Å²) in [5.74, 6) is 0.630. The van der Waals surface area contributed by atoms with Gasteiger partial charge in [-0.25, -0.2) is 0 Å². The molecule has 25 heavy (non-hydrogen) atoms. The van der Waals surface area contributed by atoms with Crippen molar-refractivity contribution >= 4 is 0 Å². The Kier molecular flexibility index (Phi) is 9.08. The first-order valence-electron chi connectivity index (χ1n) is 9.74. The average Bonchev–Trinajstić information content (AvgIpc) is 2.66. The van der Waals surface area contributed by atoms with Gasteiger partial charge >= 0.3 is 0 Å². The highest BCUT2D eigenvalue weighted by atomic mass is 16.5. The van der Waals surface area contributed by atoms with Gasteiger partial charge in [0.1, 0.15) is 0 Å². The zero-order valence-electron chi connectivity index (χ0n) is 15.5. The van der Waals surface area contributed by atoms with Crippen molar-refractivity contribution in [2.24, 2.45) is 5.92 Å². The number of unbranched alkanes of at least 4 members (excludes halogenated alkanes) is 2. The lowest BCUT2D eigenvalue weighted by molar-refractivity contribution is 0.0110. The molecule has 0 aromatic heterocycles. The maximum absolute atomic E-state index is 8.47. The molecule has 0 N–H and O–H groups in total. The Morgan fingerprint density at radius 2 is 1.76 bits per heavy atom. The zero-order chi connectivity index (χ0) is 17.7. The van der Waals surface area contributed by atoms with Crippen LogP contribution in [0.1, 0.15) is 63.0 Å². The van der Waals surface area contributed by atoms with E-state index in [9.17, 15) is 0 Å². The Balaban J connectivity index is 1.66. The van der Waals surface area contributed by atoms with Crippen LogP contribution in [0.2, 0.25) is 0 Å². The quantitative estimate of drug-likeness (QED) is 0.308. The molecule has 1 aliphatic rings. The predicted molar refractivity (Wildman–Crippen MR) is 104 cm³/mol. The number of nitrogens with zero attached hydrogens (tertiary/aromatic N) is 1. The highest BCUT2D eigenvalue weighted by molar-refractivity contribution is 5.22. The lowest BCUT2D eigenvalue weighted by Gasteiger charge is -2.26. The van der Waals surface area contributed by atoms with Crippen molar-refractivity contribution in [3.8, 4) is 6.07 Å². The number of aryl methyl sites for hydroxylation is 1. The van der Waals surface area contributed by atoms with Gasteiger partial charge < -0.3 is 4.74 Å². The van der Waals surface area contributed by atoms with E-state index in [1.807, 2.05) is 18.2 Å². The van der Waals surface area contributed by atoms with Gasteiger partial charge in [0, 0.05) is 6.08 Å². The topological polar surface area (TPSA) is 33.0 Å². The summed E-state index contributed by atoms with van der Waals surface area (Å²) in [5.41, 5.74) is 2.72. The van der Waals surface area contributed by atoms with E-state index in [0.717, 1.165) is 19.4 Å². The predicted octanol–water partition coefficient (Wildman–Crippen LogP) is 6.13. The van der Waals surface area contributed by atoms with Gasteiger partial charge in [0.15, 0.2) is 0 Å². The van der Waals surface area contributed by atoms with E-state index >= 15 is 0 Å². The molecule has 1 fully saturated rings. The Hall–Kier alpha value is -1.85. The van der Waals surface area contributed by atoms with Crippen LogP contribution in [0, 0.1) is 17.2 Å². The van der Waals surface area contributed by atoms with Gasteiger partial charge in [-0.2, -0.15) is 5.26 Å². The van der Waals surface area contributed by atoms with Gasteiger partial charge in [0.05, 0.1) is 18.8 Å². The molecule has 1 aromatic rings. The Bertz CT molecular complexity index is 571. The summed E-state index contributed by atoms with van der Waals surface area (Å²) in [4.78, 5) is 0. The number of hydrogen-bond acceptors (Lipinski definition) is 2. The molecule has 0 amide bonds. The van der Waals surface area contributed by atoms with Gasteiger partial charge in [-0.15, -0.1) is 0 Å². The van der Waals surface area contributed by atoms with Crippen LogP contribution in [-0.2, 0) is 17.8 Å². The Morgan fingerprint density at radius 3 is 2.44 bits per heavy atom. The first-order valence-corrected chi connectivity index (χ1v) is 9.74. The van der Waals surface area contributed by atoms with Crippen LogP contribution in [0.25, 0.3) is 0 Å². The van der Waals surface area contributed by atoms with Crippen molar-refractivity contribution in [1.82, 2.24) is 0 Å². The summed E-state index contributed by atoms with van der Waals surface area (Å²) < 4.78 is 6.12. The first kappa shape index (κ1) is 19.5. The number of benzene rings is 1. The SMILES string of the molecule is CCCCCc1ccc(COC2CCC(C=CC=CC#N)CC2)cc1. The molecule has 0 unspecified atom stereocenters. The minimum atomic E-state index is 0.392. The minimum Gasteiger partial charge on any atom is -0.374 e. The molecule has 1 aliphatic carbocycles. The molecule has 1 saturated carbocycles. The molecule has 0 radical (unpaired) electrons. The summed E-state index contributed by atoms with van der Waals surface area (Å²) in [5, 5.41) is 8.47. The van der Waals surface area contributed by atoms with Crippen LogP contribution in [0.5, 0.6) is 0 Å². The molecule has 0 spiro atoms. The molecular weight excluding hydrogens is 306 g/mol. The Morgan fingerprint density at radius 1 is 1.04 bits per heavy atom. The van der Waals surface area contributed by atoms with Crippen molar-refractivity contribution in [2.75, 3.05) is 0 Å². The van der Waals surface area contributed by atoms with Crippen LogP contribution in [0.3, 0.4) is 0 Å². The van der Waals surface area contributed by atoms with E-state index in [-0.39, 0.29) is 0 Å². The van der Waals surface area contributed by atoms with Crippen LogP contribution in [0.15, 0.2) is 48.6 Å². The second-order valence-electron chi connectivity index (χ2n) is 6.99. The first-order chi connectivity index (χ1) is 12.3. The zero-order valence-corrected chi connectivity index (χ0v) is 15.5. The average molecular weight is 338 g/mol. The van der Waals surface area contributed by atoms with Crippen LogP contribution < -0.4 is 0 Å². The summed E-state index contributed by atoms with van der Waals surface area (Å²) in [6.07, 6.45) is 17.6. The number of hydrogen-bond donors (Lipinski definition) is 0. The highest BCUT2D eigenvalue weighted by Crippen LogP contribution is 2.27. The van der Waals surface area contributed by atoms with E-state index in [1.165, 1.54) is 55.7 Å². The van der Waals surface area contributed by atoms with Gasteiger partial charge in [-0.3, -0.25) is 0 Å². The lowest BCUT2D eigenvalue weighted by atomic mass is 9.87. The minimum absolute atomic E-state index is 0.392. The summed E-state index contributed by atoms with van der Waals surface area (Å²) in [6.45, 7) is 2.97. The third-order valence-electron chi connectivity index (χ3n) is 4.96. The molecular formula is C23H31NO. The molecule has 1 aromatic carbocycles. The summed E-state index contributed by atoms with van der Waals surface area (Å²) >= 11 is 0. The molecule has 134 valence electrons. The molecule has 0 heterocycles. The van der Waals surface area contributed by atoms with Crippen molar-refractivity contribution in [1.29, 1.82) is 5.26 Å². The van der Waals surface area contributed by atoms with Gasteiger partial charge in [0.2, 0.25) is 0 Å². The van der Waals surface area contributed by atoms with E-state index in [2.05, 4.69) is 37.3 Å². The van der Waals surface area contributed by atoms with E-state index in [4.69, 9.17) is 10.00 Å². The van der Waals surface area contributed by atoms with Crippen molar-refractivity contribution in [3.63, 3.8) is 0 Å². The van der Waals surface area contributed by atoms with E-state index < -0.39 is 0 Å². The maximum Gasteiger partial charge on any atom is 0.0912 e. The monoisotopic (exact) mass is 337 g/mol. The van der Waals surface area contributed by atoms with Crippen molar-refractivity contribution < 1.29 is 4.74 Å². The summed E-state index contributed by atoms with van der Waals surface area (Å²) in [7, 11) is 0. The molecule has 0 bridgehead atoms. The molecule has 2 rings (SSSR count). The number of rotatable bonds is 9. The van der Waals surface area contributed by atoms with Gasteiger partial charge in [0.25, 0.3) is 0 Å². The third kappa shape index (κ3) is 7.71. The van der Waals surface area contributed by atoms with Crippen molar-refractivity contribution in [3.05, 3.63) is 59.7 Å². The molecule has 2 heteroatoms. The fourth-order valence-electron chi connectivity index (χ4n) is 3.36. The molecule has 2 nitrogen and oxygen atoms in total. The highest BCUT2D eigenvalue weighted by Gasteiger charge is 2.19. The lowest BCUT2D eigenvalue weighted by Crippen LogP contribution is -2.20. The third-order valence-corrected chi connectivity index (χ3v) is 4.96. The standard InChI is InChI=1S/C23H31NO/c1-2-3-5-8-20-10-12-22(13-11-20)19-25-23-16-14-21(15-17-23)9-6-4-7-18-24/h4,6-7,9-13,21,23H,2-3,5,8,14-17,19H2,1H3. The fourth-order valence-corrected chi connectivity index (χ4v) is 3.36. The molecule has 0 saturated heterocycles. The van der Waals surface area contributed by atoms with E-state index in [0.29, 0.717) is 12.0 Å². The number of nitriles is 1. The Labute approximate surface area is 153 Å². The van der Waals surface area contributed by atoms with Crippen LogP contribution in [-0.4, -0.2) is 6.10 Å². The van der Waals surface area contributed by atoms with Gasteiger partial charge in [-0.1, -0.05) is 62.3 Å². The van der Waals surface area contributed by atoms with Crippen LogP contribution >= 0.6 is 0 Å². The smallest absolute Gasteiger partial charge is 0.0912 e. The maximum atomic E-state index is 8.47. The van der Waals surface area contributed by atoms with Crippen LogP contribution in [0.4, 0.5) is 0 Å².